The quantitative estimate of drug-likeness (QED) is 0.536. The summed E-state index contributed by atoms with van der Waals surface area (Å²) in [5, 5.41) is 12.4. The van der Waals surface area contributed by atoms with Crippen molar-refractivity contribution < 1.29 is 4.79 Å². The number of nitrogens with zero attached hydrogens (tertiary/aromatic N) is 5. The van der Waals surface area contributed by atoms with Gasteiger partial charge in [-0.1, -0.05) is 36.3 Å². The molecule has 148 valence electrons. The Morgan fingerprint density at radius 1 is 1.10 bits per heavy atom. The number of nitrogens with one attached hydrogen (secondary N) is 1. The van der Waals surface area contributed by atoms with Gasteiger partial charge >= 0.3 is 0 Å². The first-order chi connectivity index (χ1) is 14.2. The normalized spacial score (nSPS) is 13.8. The molecule has 29 heavy (non-hydrogen) atoms. The number of benzene rings is 1. The lowest BCUT2D eigenvalue weighted by Gasteiger charge is -2.08. The second-order valence-electron chi connectivity index (χ2n) is 6.69. The number of primary amides is 1. The highest BCUT2D eigenvalue weighted by molar-refractivity contribution is 7.22. The van der Waals surface area contributed by atoms with Crippen LogP contribution in [0.15, 0.2) is 55.1 Å². The van der Waals surface area contributed by atoms with Crippen molar-refractivity contribution in [1.82, 2.24) is 25.0 Å². The van der Waals surface area contributed by atoms with E-state index in [9.17, 15) is 4.79 Å². The van der Waals surface area contributed by atoms with Gasteiger partial charge in [0, 0.05) is 18.4 Å². The fourth-order valence-corrected chi connectivity index (χ4v) is 4.19. The number of carbonyl (C=O) groups is 1. The van der Waals surface area contributed by atoms with E-state index in [-0.39, 0.29) is 0 Å². The van der Waals surface area contributed by atoms with E-state index in [0.29, 0.717) is 17.3 Å². The molecule has 3 heterocycles. The molecule has 1 aliphatic rings. The first kappa shape index (κ1) is 19.0. The van der Waals surface area contributed by atoms with E-state index in [1.807, 2.05) is 12.3 Å². The molecular weight excluding hydrogens is 386 g/mol. The standard InChI is InChI=1S/C11H13N3S.C9H8N4O/c1-2-4-8(3-1)13-11-14-9-5-6-12-7-10(9)15-11;10-9(14)7-3-1-2-4-8(7)13-11-5-6-12-13/h5-8H,1-4H2,(H,13,14);1-6H,(H2,10,14). The third-order valence-corrected chi connectivity index (χ3v) is 5.61. The van der Waals surface area contributed by atoms with Crippen LogP contribution < -0.4 is 11.1 Å². The van der Waals surface area contributed by atoms with Crippen molar-refractivity contribution >= 4 is 32.6 Å². The zero-order chi connectivity index (χ0) is 20.1. The van der Waals surface area contributed by atoms with Gasteiger partial charge in [0.25, 0.3) is 5.91 Å². The summed E-state index contributed by atoms with van der Waals surface area (Å²) in [6.45, 7) is 0. The molecule has 9 heteroatoms. The summed E-state index contributed by atoms with van der Waals surface area (Å²) in [7, 11) is 0. The van der Waals surface area contributed by atoms with E-state index in [0.717, 1.165) is 15.3 Å². The molecule has 1 aromatic carbocycles. The molecule has 0 radical (unpaired) electrons. The van der Waals surface area contributed by atoms with Crippen LogP contribution >= 0.6 is 11.3 Å². The summed E-state index contributed by atoms with van der Waals surface area (Å²) in [4.78, 5) is 21.1. The maximum absolute atomic E-state index is 11.1. The number of para-hydroxylation sites is 1. The van der Waals surface area contributed by atoms with E-state index in [4.69, 9.17) is 5.73 Å². The Hall–Kier alpha value is -3.33. The van der Waals surface area contributed by atoms with E-state index in [1.54, 1.807) is 41.8 Å². The molecule has 1 aliphatic carbocycles. The average Bonchev–Trinajstić information content (AvgIpc) is 3.50. The van der Waals surface area contributed by atoms with Crippen LogP contribution in [0.4, 0.5) is 5.13 Å². The van der Waals surface area contributed by atoms with Gasteiger partial charge in [-0.15, -0.1) is 0 Å². The Morgan fingerprint density at radius 3 is 2.59 bits per heavy atom. The van der Waals surface area contributed by atoms with Gasteiger partial charge in [-0.2, -0.15) is 15.0 Å². The first-order valence-corrected chi connectivity index (χ1v) is 10.2. The van der Waals surface area contributed by atoms with Gasteiger partial charge < -0.3 is 11.1 Å². The number of thiazole rings is 1. The molecule has 3 N–H and O–H groups in total. The predicted octanol–water partition coefficient (Wildman–Crippen LogP) is 3.41. The van der Waals surface area contributed by atoms with E-state index in [1.165, 1.54) is 42.9 Å². The zero-order valence-electron chi connectivity index (χ0n) is 15.7. The lowest BCUT2D eigenvalue weighted by Crippen LogP contribution is -2.15. The Bertz CT molecular complexity index is 1050. The van der Waals surface area contributed by atoms with Crippen molar-refractivity contribution in [2.24, 2.45) is 5.73 Å². The largest absolute Gasteiger partial charge is 0.366 e. The van der Waals surface area contributed by atoms with Crippen LogP contribution in [0.25, 0.3) is 15.9 Å². The third kappa shape index (κ3) is 4.57. The average molecular weight is 408 g/mol. The van der Waals surface area contributed by atoms with E-state index < -0.39 is 5.91 Å². The van der Waals surface area contributed by atoms with Gasteiger partial charge in [0.05, 0.1) is 33.9 Å². The van der Waals surface area contributed by atoms with Gasteiger partial charge in [-0.3, -0.25) is 9.78 Å². The van der Waals surface area contributed by atoms with Crippen LogP contribution in [0, 0.1) is 0 Å². The number of hydrogen-bond donors (Lipinski definition) is 2. The fraction of sp³-hybridized carbons (Fsp3) is 0.250. The summed E-state index contributed by atoms with van der Waals surface area (Å²) in [5.41, 5.74) is 7.26. The zero-order valence-corrected chi connectivity index (χ0v) is 16.5. The van der Waals surface area contributed by atoms with Crippen molar-refractivity contribution in [3.63, 3.8) is 0 Å². The lowest BCUT2D eigenvalue weighted by molar-refractivity contribution is 0.1000. The highest BCUT2D eigenvalue weighted by Crippen LogP contribution is 2.28. The van der Waals surface area contributed by atoms with Crippen molar-refractivity contribution in [2.45, 2.75) is 31.7 Å². The number of hydrogen-bond acceptors (Lipinski definition) is 7. The topological polar surface area (TPSA) is 112 Å². The van der Waals surface area contributed by atoms with Crippen molar-refractivity contribution in [1.29, 1.82) is 0 Å². The maximum atomic E-state index is 11.1. The molecule has 1 amide bonds. The number of amides is 1. The molecular formula is C20H21N7OS. The highest BCUT2D eigenvalue weighted by atomic mass is 32.1. The van der Waals surface area contributed by atoms with Gasteiger partial charge in [0.15, 0.2) is 5.13 Å². The summed E-state index contributed by atoms with van der Waals surface area (Å²) in [5.74, 6) is -0.488. The minimum absolute atomic E-state index is 0.406. The molecule has 0 spiro atoms. The number of pyridine rings is 1. The van der Waals surface area contributed by atoms with Crippen LogP contribution in [-0.4, -0.2) is 36.9 Å². The molecule has 0 bridgehead atoms. The smallest absolute Gasteiger partial charge is 0.250 e. The molecule has 0 aliphatic heterocycles. The minimum atomic E-state index is -0.488. The third-order valence-electron chi connectivity index (χ3n) is 4.68. The summed E-state index contributed by atoms with van der Waals surface area (Å²) in [6.07, 6.45) is 12.0. The molecule has 8 nitrogen and oxygen atoms in total. The second kappa shape index (κ2) is 8.78. The van der Waals surface area contributed by atoms with Crippen molar-refractivity contribution in [3.05, 3.63) is 60.7 Å². The predicted molar refractivity (Wildman–Crippen MR) is 113 cm³/mol. The van der Waals surface area contributed by atoms with Gasteiger partial charge in [0.2, 0.25) is 0 Å². The van der Waals surface area contributed by atoms with Crippen LogP contribution in [0.1, 0.15) is 36.0 Å². The number of fused-ring (bicyclic) bond motifs is 1. The molecule has 0 atom stereocenters. The Balaban J connectivity index is 0.000000142. The molecule has 1 saturated carbocycles. The number of carbonyl (C=O) groups excluding carboxylic acids is 1. The maximum Gasteiger partial charge on any atom is 0.250 e. The van der Waals surface area contributed by atoms with Crippen LogP contribution in [-0.2, 0) is 0 Å². The summed E-state index contributed by atoms with van der Waals surface area (Å²) < 4.78 is 1.16. The first-order valence-electron chi connectivity index (χ1n) is 9.43. The van der Waals surface area contributed by atoms with Gasteiger partial charge in [-0.25, -0.2) is 4.98 Å². The number of aromatic nitrogens is 5. The summed E-state index contributed by atoms with van der Waals surface area (Å²) >= 11 is 1.70. The Morgan fingerprint density at radius 2 is 1.86 bits per heavy atom. The fourth-order valence-electron chi connectivity index (χ4n) is 3.28. The minimum Gasteiger partial charge on any atom is -0.366 e. The van der Waals surface area contributed by atoms with Crippen LogP contribution in [0.3, 0.4) is 0 Å². The van der Waals surface area contributed by atoms with E-state index >= 15 is 0 Å². The highest BCUT2D eigenvalue weighted by Gasteiger charge is 2.16. The van der Waals surface area contributed by atoms with Gasteiger partial charge in [0.1, 0.15) is 0 Å². The number of nitrogens with two attached hydrogens (primary N) is 1. The molecule has 4 aromatic rings. The van der Waals surface area contributed by atoms with Crippen molar-refractivity contribution in [2.75, 3.05) is 5.32 Å². The molecule has 3 aromatic heterocycles. The monoisotopic (exact) mass is 407 g/mol. The van der Waals surface area contributed by atoms with Crippen LogP contribution in [0.2, 0.25) is 0 Å². The molecule has 5 rings (SSSR count). The van der Waals surface area contributed by atoms with Crippen LogP contribution in [0.5, 0.6) is 0 Å². The lowest BCUT2D eigenvalue weighted by atomic mass is 10.2. The molecule has 0 saturated heterocycles. The Labute approximate surface area is 171 Å². The SMILES string of the molecule is NC(=O)c1ccccc1-n1nccn1.c1cc2nc(NC3CCCC3)sc2cn1. The summed E-state index contributed by atoms with van der Waals surface area (Å²) in [6, 6.07) is 9.52. The number of anilines is 1. The van der Waals surface area contributed by atoms with E-state index in [2.05, 4.69) is 25.5 Å². The second-order valence-corrected chi connectivity index (χ2v) is 7.72. The number of rotatable bonds is 4. The van der Waals surface area contributed by atoms with Gasteiger partial charge in [-0.05, 0) is 31.0 Å². The molecule has 0 unspecified atom stereocenters. The molecule has 1 fully saturated rings. The Kier molecular flexibility index (Phi) is 5.76. The van der Waals surface area contributed by atoms with Crippen molar-refractivity contribution in [3.8, 4) is 5.69 Å².